The number of carbonyl (C=O) groups excluding carboxylic acids is 1. The number of ether oxygens (including phenoxy) is 1. The predicted octanol–water partition coefficient (Wildman–Crippen LogP) is 1.53. The summed E-state index contributed by atoms with van der Waals surface area (Å²) in [7, 11) is 3.09. The highest BCUT2D eigenvalue weighted by Gasteiger charge is 2.50. The molecule has 0 aromatic carbocycles. The second-order valence-electron chi connectivity index (χ2n) is 4.59. The molecule has 0 saturated heterocycles. The molecule has 0 spiro atoms. The van der Waals surface area contributed by atoms with Crippen LogP contribution in [0.2, 0.25) is 0 Å². The summed E-state index contributed by atoms with van der Waals surface area (Å²) in [5.41, 5.74) is -0.643. The zero-order valence-electron chi connectivity index (χ0n) is 8.99. The Morgan fingerprint density at radius 1 is 1.53 bits per heavy atom. The van der Waals surface area contributed by atoms with Crippen molar-refractivity contribution in [2.45, 2.75) is 31.9 Å². The third-order valence-corrected chi connectivity index (χ3v) is 4.72. The van der Waals surface area contributed by atoms with Crippen molar-refractivity contribution in [1.29, 1.82) is 0 Å². The third kappa shape index (κ3) is 3.08. The Balaban J connectivity index is 2.56. The van der Waals surface area contributed by atoms with E-state index in [4.69, 9.17) is 10.7 Å². The third-order valence-electron chi connectivity index (χ3n) is 2.73. The molecule has 1 aliphatic carbocycles. The van der Waals surface area contributed by atoms with E-state index in [0.29, 0.717) is 12.8 Å². The summed E-state index contributed by atoms with van der Waals surface area (Å²) < 4.78 is 26.6. The monoisotopic (exact) mass is 254 g/mol. The summed E-state index contributed by atoms with van der Waals surface area (Å²) in [6, 6.07) is 0. The maximum Gasteiger partial charge on any atom is 0.311 e. The Morgan fingerprint density at radius 3 is 2.40 bits per heavy atom. The van der Waals surface area contributed by atoms with E-state index >= 15 is 0 Å². The molecule has 2 unspecified atom stereocenters. The van der Waals surface area contributed by atoms with Crippen molar-refractivity contribution >= 4 is 25.7 Å². The molecule has 1 fully saturated rings. The number of esters is 1. The van der Waals surface area contributed by atoms with Crippen LogP contribution in [0.25, 0.3) is 0 Å². The first-order chi connectivity index (χ1) is 6.68. The Morgan fingerprint density at radius 2 is 2.07 bits per heavy atom. The summed E-state index contributed by atoms with van der Waals surface area (Å²) in [6.45, 7) is 3.49. The number of halogens is 1. The maximum atomic E-state index is 11.3. The van der Waals surface area contributed by atoms with Crippen molar-refractivity contribution in [3.05, 3.63) is 0 Å². The van der Waals surface area contributed by atoms with E-state index in [9.17, 15) is 13.2 Å². The van der Waals surface area contributed by atoms with E-state index in [2.05, 4.69) is 4.74 Å². The van der Waals surface area contributed by atoms with Crippen LogP contribution in [0.3, 0.4) is 0 Å². The second-order valence-corrected chi connectivity index (χ2v) is 7.44. The first kappa shape index (κ1) is 12.8. The maximum absolute atomic E-state index is 11.3. The van der Waals surface area contributed by atoms with Crippen LogP contribution < -0.4 is 0 Å². The van der Waals surface area contributed by atoms with Crippen LogP contribution in [0.4, 0.5) is 0 Å². The minimum absolute atomic E-state index is 0.0124. The van der Waals surface area contributed by atoms with Crippen LogP contribution in [0, 0.1) is 11.3 Å². The lowest BCUT2D eigenvalue weighted by Crippen LogP contribution is -2.26. The average molecular weight is 255 g/mol. The van der Waals surface area contributed by atoms with Gasteiger partial charge in [-0.2, -0.15) is 0 Å². The molecule has 0 aromatic heterocycles. The largest absolute Gasteiger partial charge is 0.469 e. The van der Waals surface area contributed by atoms with Gasteiger partial charge in [-0.1, -0.05) is 0 Å². The van der Waals surface area contributed by atoms with Crippen molar-refractivity contribution in [3.63, 3.8) is 0 Å². The van der Waals surface area contributed by atoms with Gasteiger partial charge in [0, 0.05) is 10.7 Å². The van der Waals surface area contributed by atoms with E-state index in [0.717, 1.165) is 0 Å². The van der Waals surface area contributed by atoms with Crippen LogP contribution in [-0.2, 0) is 18.6 Å². The molecule has 0 aliphatic heterocycles. The quantitative estimate of drug-likeness (QED) is 0.564. The van der Waals surface area contributed by atoms with Gasteiger partial charge in [0.15, 0.2) is 0 Å². The van der Waals surface area contributed by atoms with E-state index in [1.54, 1.807) is 13.8 Å². The molecule has 0 amide bonds. The minimum Gasteiger partial charge on any atom is -0.469 e. The highest BCUT2D eigenvalue weighted by molar-refractivity contribution is 8.14. The SMILES string of the molecule is COC(=O)C(C)(C)CC1CC1S(=O)(=O)Cl. The minimum atomic E-state index is -3.46. The normalized spacial score (nSPS) is 26.1. The number of methoxy groups -OCH3 is 1. The summed E-state index contributed by atoms with van der Waals surface area (Å²) in [4.78, 5) is 11.3. The van der Waals surface area contributed by atoms with Gasteiger partial charge in [-0.15, -0.1) is 0 Å². The lowest BCUT2D eigenvalue weighted by atomic mass is 9.87. The van der Waals surface area contributed by atoms with Crippen molar-refractivity contribution in [3.8, 4) is 0 Å². The zero-order valence-corrected chi connectivity index (χ0v) is 10.6. The summed E-state index contributed by atoms with van der Waals surface area (Å²) in [5.74, 6) is -0.332. The van der Waals surface area contributed by atoms with Crippen molar-refractivity contribution in [2.24, 2.45) is 11.3 Å². The molecular weight excluding hydrogens is 240 g/mol. The number of rotatable bonds is 4. The molecule has 4 nitrogen and oxygen atoms in total. The standard InChI is InChI=1S/C9H15ClO4S/c1-9(2,8(11)14-3)5-6-4-7(6)15(10,12)13/h6-7H,4-5H2,1-3H3. The zero-order chi connectivity index (χ0) is 11.9. The molecule has 0 heterocycles. The molecule has 6 heteroatoms. The molecule has 0 bridgehead atoms. The van der Waals surface area contributed by atoms with Crippen LogP contribution in [0.5, 0.6) is 0 Å². The summed E-state index contributed by atoms with van der Waals surface area (Å²) in [6.07, 6.45) is 1.04. The average Bonchev–Trinajstić information content (AvgIpc) is 2.80. The van der Waals surface area contributed by atoms with Crippen molar-refractivity contribution in [1.82, 2.24) is 0 Å². The van der Waals surface area contributed by atoms with E-state index in [1.807, 2.05) is 0 Å². The smallest absolute Gasteiger partial charge is 0.311 e. The lowest BCUT2D eigenvalue weighted by Gasteiger charge is -2.20. The van der Waals surface area contributed by atoms with Gasteiger partial charge in [0.1, 0.15) is 0 Å². The number of carbonyl (C=O) groups is 1. The molecule has 2 atom stereocenters. The van der Waals surface area contributed by atoms with Gasteiger partial charge >= 0.3 is 5.97 Å². The lowest BCUT2D eigenvalue weighted by molar-refractivity contribution is -0.151. The molecular formula is C9H15ClO4S. The fourth-order valence-corrected chi connectivity index (χ4v) is 3.48. The van der Waals surface area contributed by atoms with Crippen molar-refractivity contribution < 1.29 is 17.9 Å². The summed E-state index contributed by atoms with van der Waals surface area (Å²) in [5, 5.41) is -0.483. The second kappa shape index (κ2) is 3.94. The number of hydrogen-bond donors (Lipinski definition) is 0. The highest BCUT2D eigenvalue weighted by atomic mass is 35.7. The predicted molar refractivity (Wildman–Crippen MR) is 57.1 cm³/mol. The van der Waals surface area contributed by atoms with Crippen LogP contribution in [0.1, 0.15) is 26.7 Å². The summed E-state index contributed by atoms with van der Waals surface area (Å²) >= 11 is 0. The molecule has 0 N–H and O–H groups in total. The first-order valence-electron chi connectivity index (χ1n) is 4.70. The molecule has 1 rings (SSSR count). The van der Waals surface area contributed by atoms with Gasteiger partial charge in [-0.3, -0.25) is 4.79 Å². The van der Waals surface area contributed by atoms with Crippen LogP contribution in [0.15, 0.2) is 0 Å². The molecule has 0 radical (unpaired) electrons. The highest BCUT2D eigenvalue weighted by Crippen LogP contribution is 2.46. The molecule has 0 aromatic rings. The van der Waals surface area contributed by atoms with E-state index in [1.165, 1.54) is 7.11 Å². The Bertz CT molecular complexity index is 360. The Hall–Kier alpha value is -0.290. The molecule has 1 aliphatic rings. The van der Waals surface area contributed by atoms with Crippen molar-refractivity contribution in [2.75, 3.05) is 7.11 Å². The van der Waals surface area contributed by atoms with Gasteiger partial charge < -0.3 is 4.74 Å². The fourth-order valence-electron chi connectivity index (χ4n) is 1.79. The fraction of sp³-hybridized carbons (Fsp3) is 0.889. The Labute approximate surface area is 94.4 Å². The molecule has 1 saturated carbocycles. The van der Waals surface area contributed by atoms with Crippen LogP contribution >= 0.6 is 10.7 Å². The Kier molecular flexibility index (Phi) is 3.36. The topological polar surface area (TPSA) is 60.4 Å². The van der Waals surface area contributed by atoms with Gasteiger partial charge in [0.2, 0.25) is 9.05 Å². The molecule has 88 valence electrons. The van der Waals surface area contributed by atoms with Gasteiger partial charge in [0.05, 0.1) is 17.8 Å². The van der Waals surface area contributed by atoms with Gasteiger partial charge in [-0.05, 0) is 32.6 Å². The van der Waals surface area contributed by atoms with Gasteiger partial charge in [0.25, 0.3) is 0 Å². The van der Waals surface area contributed by atoms with E-state index in [-0.39, 0.29) is 11.9 Å². The number of hydrogen-bond acceptors (Lipinski definition) is 4. The molecule has 15 heavy (non-hydrogen) atoms. The van der Waals surface area contributed by atoms with Crippen LogP contribution in [-0.4, -0.2) is 26.7 Å². The van der Waals surface area contributed by atoms with Gasteiger partial charge in [-0.25, -0.2) is 8.42 Å². The van der Waals surface area contributed by atoms with E-state index < -0.39 is 19.7 Å². The first-order valence-corrected chi connectivity index (χ1v) is 7.07.